The van der Waals surface area contributed by atoms with Crippen molar-refractivity contribution in [3.05, 3.63) is 0 Å². The van der Waals surface area contributed by atoms with Crippen molar-refractivity contribution < 1.29 is 14.7 Å². The van der Waals surface area contributed by atoms with Gasteiger partial charge in [-0.3, -0.25) is 9.59 Å². The minimum atomic E-state index is -0.285. The van der Waals surface area contributed by atoms with Crippen molar-refractivity contribution in [2.45, 2.75) is 51.0 Å². The third-order valence-corrected chi connectivity index (χ3v) is 4.18. The van der Waals surface area contributed by atoms with Gasteiger partial charge < -0.3 is 15.3 Å². The molecule has 2 fully saturated rings. The smallest absolute Gasteiger partial charge is 0.242 e. The van der Waals surface area contributed by atoms with Crippen molar-refractivity contribution in [1.82, 2.24) is 10.2 Å². The summed E-state index contributed by atoms with van der Waals surface area (Å²) in [5.41, 5.74) is 0. The average molecular weight is 268 g/mol. The van der Waals surface area contributed by atoms with E-state index in [0.29, 0.717) is 19.5 Å². The number of hydrogen-bond donors (Lipinski definition) is 2. The zero-order valence-electron chi connectivity index (χ0n) is 11.4. The molecule has 2 aliphatic rings. The number of nitrogens with zero attached hydrogens (tertiary/aromatic N) is 1. The zero-order valence-corrected chi connectivity index (χ0v) is 11.4. The van der Waals surface area contributed by atoms with Crippen LogP contribution in [0.15, 0.2) is 0 Å². The van der Waals surface area contributed by atoms with Crippen LogP contribution in [0.1, 0.15) is 44.9 Å². The monoisotopic (exact) mass is 268 g/mol. The van der Waals surface area contributed by atoms with E-state index in [-0.39, 0.29) is 30.4 Å². The second-order valence-electron chi connectivity index (χ2n) is 5.54. The van der Waals surface area contributed by atoms with Gasteiger partial charge in [-0.1, -0.05) is 12.8 Å². The molecule has 5 nitrogen and oxygen atoms in total. The Bertz CT molecular complexity index is 327. The van der Waals surface area contributed by atoms with E-state index in [1.54, 1.807) is 4.90 Å². The Morgan fingerprint density at radius 3 is 2.58 bits per heavy atom. The first-order valence-corrected chi connectivity index (χ1v) is 7.43. The topological polar surface area (TPSA) is 69.6 Å². The first kappa shape index (κ1) is 14.3. The Hall–Kier alpha value is -1.10. The van der Waals surface area contributed by atoms with Crippen molar-refractivity contribution in [3.8, 4) is 0 Å². The molecule has 0 spiro atoms. The molecule has 1 unspecified atom stereocenters. The number of aliphatic hydroxyl groups is 1. The van der Waals surface area contributed by atoms with E-state index in [1.807, 2.05) is 0 Å². The molecule has 1 saturated heterocycles. The standard InChI is InChI=1S/C14H24N2O3/c17-10-4-8-15-13(18)12-7-3-9-16(12)14(19)11-5-1-2-6-11/h11-12,17H,1-10H2,(H,15,18). The molecule has 2 amide bonds. The summed E-state index contributed by atoms with van der Waals surface area (Å²) in [6.45, 7) is 1.28. The fraction of sp³-hybridized carbons (Fsp3) is 0.857. The van der Waals surface area contributed by atoms with Crippen molar-refractivity contribution >= 4 is 11.8 Å². The molecule has 2 N–H and O–H groups in total. The van der Waals surface area contributed by atoms with Gasteiger partial charge in [-0.2, -0.15) is 0 Å². The van der Waals surface area contributed by atoms with Gasteiger partial charge in [0, 0.05) is 25.6 Å². The number of amides is 2. The number of nitrogens with one attached hydrogen (secondary N) is 1. The van der Waals surface area contributed by atoms with Crippen LogP contribution in [0.3, 0.4) is 0 Å². The number of aliphatic hydroxyl groups excluding tert-OH is 1. The van der Waals surface area contributed by atoms with Crippen LogP contribution in [-0.2, 0) is 9.59 Å². The molecule has 1 heterocycles. The number of carbonyl (C=O) groups is 2. The molecule has 5 heteroatoms. The van der Waals surface area contributed by atoms with Crippen molar-refractivity contribution in [2.75, 3.05) is 19.7 Å². The molecule has 0 aromatic heterocycles. The maximum atomic E-state index is 12.4. The first-order valence-electron chi connectivity index (χ1n) is 7.43. The van der Waals surface area contributed by atoms with E-state index in [0.717, 1.165) is 38.5 Å². The van der Waals surface area contributed by atoms with Gasteiger partial charge in [0.05, 0.1) is 0 Å². The second kappa shape index (κ2) is 6.89. The average Bonchev–Trinajstić information content (AvgIpc) is 3.09. The van der Waals surface area contributed by atoms with Gasteiger partial charge in [0.25, 0.3) is 0 Å². The molecule has 2 rings (SSSR count). The van der Waals surface area contributed by atoms with Crippen LogP contribution in [0.4, 0.5) is 0 Å². The molecular weight excluding hydrogens is 244 g/mol. The highest BCUT2D eigenvalue weighted by molar-refractivity contribution is 5.89. The van der Waals surface area contributed by atoms with Gasteiger partial charge in [-0.15, -0.1) is 0 Å². The minimum absolute atomic E-state index is 0.0581. The van der Waals surface area contributed by atoms with E-state index < -0.39 is 0 Å². The number of rotatable bonds is 5. The molecule has 1 saturated carbocycles. The Balaban J connectivity index is 1.88. The Morgan fingerprint density at radius 2 is 1.89 bits per heavy atom. The number of hydrogen-bond acceptors (Lipinski definition) is 3. The molecule has 0 bridgehead atoms. The SMILES string of the molecule is O=C(NCCCO)C1CCCN1C(=O)C1CCCC1. The van der Waals surface area contributed by atoms with Crippen molar-refractivity contribution in [2.24, 2.45) is 5.92 Å². The summed E-state index contributed by atoms with van der Waals surface area (Å²) in [7, 11) is 0. The molecule has 108 valence electrons. The van der Waals surface area contributed by atoms with E-state index in [2.05, 4.69) is 5.32 Å². The Morgan fingerprint density at radius 1 is 1.16 bits per heavy atom. The molecule has 0 radical (unpaired) electrons. The van der Waals surface area contributed by atoms with Gasteiger partial charge in [-0.25, -0.2) is 0 Å². The fourth-order valence-electron chi connectivity index (χ4n) is 3.12. The first-order chi connectivity index (χ1) is 9.24. The lowest BCUT2D eigenvalue weighted by Gasteiger charge is -2.26. The molecular formula is C14H24N2O3. The molecule has 1 aliphatic carbocycles. The minimum Gasteiger partial charge on any atom is -0.396 e. The summed E-state index contributed by atoms with van der Waals surface area (Å²) < 4.78 is 0. The lowest BCUT2D eigenvalue weighted by Crippen LogP contribution is -2.47. The third-order valence-electron chi connectivity index (χ3n) is 4.18. The van der Waals surface area contributed by atoms with Crippen molar-refractivity contribution in [3.63, 3.8) is 0 Å². The van der Waals surface area contributed by atoms with E-state index in [4.69, 9.17) is 5.11 Å². The van der Waals surface area contributed by atoms with Gasteiger partial charge in [0.2, 0.25) is 11.8 Å². The van der Waals surface area contributed by atoms with Crippen LogP contribution in [-0.4, -0.2) is 47.6 Å². The molecule has 0 aromatic carbocycles. The van der Waals surface area contributed by atoms with Gasteiger partial charge in [0.1, 0.15) is 6.04 Å². The third kappa shape index (κ3) is 3.47. The van der Waals surface area contributed by atoms with Gasteiger partial charge in [-0.05, 0) is 32.1 Å². The molecule has 0 aromatic rings. The zero-order chi connectivity index (χ0) is 13.7. The predicted octanol–water partition coefficient (Wildman–Crippen LogP) is 0.666. The fourth-order valence-corrected chi connectivity index (χ4v) is 3.12. The van der Waals surface area contributed by atoms with E-state index in [9.17, 15) is 9.59 Å². The highest BCUT2D eigenvalue weighted by Gasteiger charge is 2.37. The van der Waals surface area contributed by atoms with Gasteiger partial charge >= 0.3 is 0 Å². The van der Waals surface area contributed by atoms with Crippen LogP contribution in [0.5, 0.6) is 0 Å². The quantitative estimate of drug-likeness (QED) is 0.720. The van der Waals surface area contributed by atoms with Crippen LogP contribution in [0.25, 0.3) is 0 Å². The number of carbonyl (C=O) groups excluding carboxylic acids is 2. The normalized spacial score (nSPS) is 23.8. The second-order valence-corrected chi connectivity index (χ2v) is 5.54. The summed E-state index contributed by atoms with van der Waals surface area (Å²) in [5, 5.41) is 11.5. The van der Waals surface area contributed by atoms with Crippen molar-refractivity contribution in [1.29, 1.82) is 0 Å². The summed E-state index contributed by atoms with van der Waals surface area (Å²) in [6.07, 6.45) is 6.48. The Kier molecular flexibility index (Phi) is 5.19. The number of likely N-dealkylation sites (tertiary alicyclic amines) is 1. The van der Waals surface area contributed by atoms with E-state index in [1.165, 1.54) is 0 Å². The van der Waals surface area contributed by atoms with Crippen LogP contribution in [0.2, 0.25) is 0 Å². The lowest BCUT2D eigenvalue weighted by molar-refractivity contribution is -0.141. The maximum absolute atomic E-state index is 12.4. The summed E-state index contributed by atoms with van der Waals surface area (Å²) >= 11 is 0. The van der Waals surface area contributed by atoms with Crippen LogP contribution in [0, 0.1) is 5.92 Å². The van der Waals surface area contributed by atoms with Crippen LogP contribution < -0.4 is 5.32 Å². The largest absolute Gasteiger partial charge is 0.396 e. The molecule has 1 aliphatic heterocycles. The summed E-state index contributed by atoms with van der Waals surface area (Å²) in [5.74, 6) is 0.264. The highest BCUT2D eigenvalue weighted by atomic mass is 16.3. The van der Waals surface area contributed by atoms with E-state index >= 15 is 0 Å². The molecule has 1 atom stereocenters. The molecule has 19 heavy (non-hydrogen) atoms. The highest BCUT2D eigenvalue weighted by Crippen LogP contribution is 2.29. The maximum Gasteiger partial charge on any atom is 0.242 e. The van der Waals surface area contributed by atoms with Crippen LogP contribution >= 0.6 is 0 Å². The summed E-state index contributed by atoms with van der Waals surface area (Å²) in [4.78, 5) is 26.2. The predicted molar refractivity (Wildman–Crippen MR) is 71.4 cm³/mol. The Labute approximate surface area is 114 Å². The lowest BCUT2D eigenvalue weighted by atomic mass is 10.1. The summed E-state index contributed by atoms with van der Waals surface area (Å²) in [6, 6.07) is -0.285. The van der Waals surface area contributed by atoms with Gasteiger partial charge in [0.15, 0.2) is 0 Å².